The minimum atomic E-state index is -0.653. The zero-order valence-corrected chi connectivity index (χ0v) is 20.9. The Morgan fingerprint density at radius 1 is 1.03 bits per heavy atom. The molecule has 2 amide bonds. The minimum absolute atomic E-state index is 0.262. The third kappa shape index (κ3) is 4.11. The van der Waals surface area contributed by atoms with Crippen LogP contribution >= 0.6 is 11.3 Å². The Bertz CT molecular complexity index is 1420. The zero-order chi connectivity index (χ0) is 24.8. The number of carbonyl (C=O) groups is 1. The largest absolute Gasteiger partial charge is 0.334 e. The van der Waals surface area contributed by atoms with E-state index in [2.05, 4.69) is 9.88 Å². The van der Waals surface area contributed by atoms with Gasteiger partial charge in [-0.15, -0.1) is 11.3 Å². The van der Waals surface area contributed by atoms with Crippen molar-refractivity contribution in [3.63, 3.8) is 0 Å². The Kier molecular flexibility index (Phi) is 5.88. The lowest BCUT2D eigenvalue weighted by Gasteiger charge is -2.31. The molecule has 1 aliphatic carbocycles. The number of fused-ring (bicyclic) bond motifs is 5. The van der Waals surface area contributed by atoms with E-state index in [9.17, 15) is 13.6 Å². The molecular formula is C29H27F2N3OS. The fourth-order valence-electron chi connectivity index (χ4n) is 5.46. The third-order valence-corrected chi connectivity index (χ3v) is 8.54. The molecule has 6 rings (SSSR count). The number of benzene rings is 2. The Morgan fingerprint density at radius 2 is 1.78 bits per heavy atom. The zero-order valence-electron chi connectivity index (χ0n) is 20.1. The van der Waals surface area contributed by atoms with Gasteiger partial charge in [-0.1, -0.05) is 29.8 Å². The number of nitrogens with one attached hydrogen (secondary N) is 1. The molecule has 0 bridgehead atoms. The highest BCUT2D eigenvalue weighted by molar-refractivity contribution is 7.15. The highest BCUT2D eigenvalue weighted by Crippen LogP contribution is 2.44. The fourth-order valence-corrected chi connectivity index (χ4v) is 6.86. The summed E-state index contributed by atoms with van der Waals surface area (Å²) < 4.78 is 30.9. The van der Waals surface area contributed by atoms with Crippen LogP contribution in [0.5, 0.6) is 0 Å². The lowest BCUT2D eigenvalue weighted by molar-refractivity contribution is 0.179. The van der Waals surface area contributed by atoms with E-state index in [4.69, 9.17) is 0 Å². The quantitative estimate of drug-likeness (QED) is 0.327. The second-order valence-electron chi connectivity index (χ2n) is 9.68. The number of thiophene rings is 1. The van der Waals surface area contributed by atoms with Gasteiger partial charge in [0.25, 0.3) is 0 Å². The number of nitrogens with zero attached hydrogens (tertiary/aromatic N) is 2. The van der Waals surface area contributed by atoms with Crippen molar-refractivity contribution in [3.05, 3.63) is 111 Å². The average Bonchev–Trinajstić information content (AvgIpc) is 3.44. The van der Waals surface area contributed by atoms with Crippen LogP contribution in [0.3, 0.4) is 0 Å². The van der Waals surface area contributed by atoms with Crippen LogP contribution in [0.15, 0.2) is 60.8 Å². The molecule has 0 radical (unpaired) electrons. The van der Waals surface area contributed by atoms with E-state index in [-0.39, 0.29) is 6.03 Å². The molecule has 4 aromatic rings. The molecule has 184 valence electrons. The molecule has 1 aliphatic heterocycles. The maximum absolute atomic E-state index is 14.4. The first-order valence-corrected chi connectivity index (χ1v) is 13.2. The lowest BCUT2D eigenvalue weighted by Crippen LogP contribution is -2.42. The van der Waals surface area contributed by atoms with Gasteiger partial charge in [0.1, 0.15) is 22.7 Å². The van der Waals surface area contributed by atoms with Crippen molar-refractivity contribution >= 4 is 17.4 Å². The average molecular weight is 504 g/mol. The van der Waals surface area contributed by atoms with Gasteiger partial charge < -0.3 is 14.8 Å². The Balaban J connectivity index is 1.45. The van der Waals surface area contributed by atoms with Gasteiger partial charge in [0.2, 0.25) is 0 Å². The number of aromatic nitrogens is 1. The van der Waals surface area contributed by atoms with Gasteiger partial charge in [-0.2, -0.15) is 0 Å². The van der Waals surface area contributed by atoms with Crippen molar-refractivity contribution in [1.29, 1.82) is 0 Å². The highest BCUT2D eigenvalue weighted by Gasteiger charge is 2.36. The van der Waals surface area contributed by atoms with Crippen molar-refractivity contribution in [3.8, 4) is 5.00 Å². The number of hydrogen-bond donors (Lipinski definition) is 1. The SMILES string of the molecule is Cc1ccc(CNC(=O)N2Cc3c(sc4c3CCCC4)-n3cccc3C2c2cc(F)cc(F)c2)cc1. The van der Waals surface area contributed by atoms with Crippen LogP contribution in [0.4, 0.5) is 13.6 Å². The van der Waals surface area contributed by atoms with E-state index in [1.165, 1.54) is 29.0 Å². The van der Waals surface area contributed by atoms with Gasteiger partial charge in [0.15, 0.2) is 0 Å². The number of amides is 2. The molecule has 1 unspecified atom stereocenters. The second kappa shape index (κ2) is 9.21. The molecule has 2 aliphatic rings. The summed E-state index contributed by atoms with van der Waals surface area (Å²) in [7, 11) is 0. The molecule has 0 fully saturated rings. The summed E-state index contributed by atoms with van der Waals surface area (Å²) in [6, 6.07) is 14.5. The van der Waals surface area contributed by atoms with Crippen LogP contribution in [0.1, 0.15) is 57.3 Å². The monoisotopic (exact) mass is 503 g/mol. The number of rotatable bonds is 3. The molecule has 2 aromatic carbocycles. The maximum Gasteiger partial charge on any atom is 0.318 e. The molecular weight excluding hydrogens is 476 g/mol. The van der Waals surface area contributed by atoms with E-state index in [0.29, 0.717) is 18.7 Å². The van der Waals surface area contributed by atoms with E-state index >= 15 is 0 Å². The molecule has 0 saturated heterocycles. The standard InChI is InChI=1S/C29H27F2N3OS/c1-18-8-10-19(11-9-18)16-32-29(35)34-17-24-23-5-2-3-7-26(23)36-28(24)33-12-4-6-25(33)27(34)20-13-21(30)15-22(31)14-20/h4,6,8-15,27H,2-3,5,7,16-17H2,1H3,(H,32,35). The number of aryl methyl sites for hydroxylation is 2. The van der Waals surface area contributed by atoms with Crippen molar-refractivity contribution < 1.29 is 13.6 Å². The lowest BCUT2D eigenvalue weighted by atomic mass is 9.95. The first-order chi connectivity index (χ1) is 17.5. The fraction of sp³-hybridized carbons (Fsp3) is 0.276. The highest BCUT2D eigenvalue weighted by atomic mass is 32.1. The summed E-state index contributed by atoms with van der Waals surface area (Å²) in [6.07, 6.45) is 6.35. The Hall–Kier alpha value is -3.45. The summed E-state index contributed by atoms with van der Waals surface area (Å²) in [5.41, 5.74) is 5.88. The van der Waals surface area contributed by atoms with Gasteiger partial charge in [-0.25, -0.2) is 13.6 Å². The molecule has 2 aromatic heterocycles. The van der Waals surface area contributed by atoms with Crippen molar-refractivity contribution in [1.82, 2.24) is 14.8 Å². The molecule has 7 heteroatoms. The van der Waals surface area contributed by atoms with E-state index in [1.54, 1.807) is 16.2 Å². The normalized spacial score (nSPS) is 16.6. The number of urea groups is 1. The summed E-state index contributed by atoms with van der Waals surface area (Å²) in [4.78, 5) is 16.9. The van der Waals surface area contributed by atoms with Gasteiger partial charge in [0, 0.05) is 29.2 Å². The summed E-state index contributed by atoms with van der Waals surface area (Å²) >= 11 is 1.78. The van der Waals surface area contributed by atoms with Gasteiger partial charge >= 0.3 is 6.03 Å². The summed E-state index contributed by atoms with van der Waals surface area (Å²) in [6.45, 7) is 2.78. The van der Waals surface area contributed by atoms with Crippen LogP contribution in [0.2, 0.25) is 0 Å². The molecule has 0 saturated carbocycles. The molecule has 36 heavy (non-hydrogen) atoms. The van der Waals surface area contributed by atoms with Crippen molar-refractivity contribution in [2.75, 3.05) is 0 Å². The van der Waals surface area contributed by atoms with Crippen LogP contribution in [-0.4, -0.2) is 15.5 Å². The molecule has 1 N–H and O–H groups in total. The van der Waals surface area contributed by atoms with E-state index in [1.807, 2.05) is 49.5 Å². The van der Waals surface area contributed by atoms with Gasteiger partial charge in [-0.05, 0) is 73.6 Å². The van der Waals surface area contributed by atoms with Crippen LogP contribution in [0.25, 0.3) is 5.00 Å². The topological polar surface area (TPSA) is 37.3 Å². The molecule has 0 spiro atoms. The molecule has 3 heterocycles. The van der Waals surface area contributed by atoms with E-state index in [0.717, 1.165) is 52.7 Å². The number of carbonyl (C=O) groups excluding carboxylic acids is 1. The van der Waals surface area contributed by atoms with Crippen molar-refractivity contribution in [2.45, 2.75) is 51.7 Å². The first kappa shape index (κ1) is 23.0. The number of hydrogen-bond acceptors (Lipinski definition) is 2. The van der Waals surface area contributed by atoms with Crippen LogP contribution in [0, 0.1) is 18.6 Å². The Labute approximate surface area is 213 Å². The predicted octanol–water partition coefficient (Wildman–Crippen LogP) is 6.82. The Morgan fingerprint density at radius 3 is 2.56 bits per heavy atom. The third-order valence-electron chi connectivity index (χ3n) is 7.20. The molecule has 1 atom stereocenters. The number of halogens is 2. The summed E-state index contributed by atoms with van der Waals surface area (Å²) in [5.74, 6) is -1.31. The van der Waals surface area contributed by atoms with Gasteiger partial charge in [-0.3, -0.25) is 0 Å². The summed E-state index contributed by atoms with van der Waals surface area (Å²) in [5, 5.41) is 4.17. The second-order valence-corrected chi connectivity index (χ2v) is 10.8. The maximum atomic E-state index is 14.4. The van der Waals surface area contributed by atoms with Crippen molar-refractivity contribution in [2.24, 2.45) is 0 Å². The first-order valence-electron chi connectivity index (χ1n) is 12.3. The minimum Gasteiger partial charge on any atom is -0.334 e. The predicted molar refractivity (Wildman–Crippen MR) is 137 cm³/mol. The van der Waals surface area contributed by atoms with Crippen LogP contribution < -0.4 is 5.32 Å². The van der Waals surface area contributed by atoms with Gasteiger partial charge in [0.05, 0.1) is 12.2 Å². The smallest absolute Gasteiger partial charge is 0.318 e. The van der Waals surface area contributed by atoms with E-state index < -0.39 is 17.7 Å². The molecule has 4 nitrogen and oxygen atoms in total. The van der Waals surface area contributed by atoms with Crippen LogP contribution in [-0.2, 0) is 25.9 Å².